The minimum Gasteiger partial charge on any atom is -0.0882 e. The van der Waals surface area contributed by atoms with Crippen molar-refractivity contribution in [3.63, 3.8) is 0 Å². The minimum absolute atomic E-state index is 0. The van der Waals surface area contributed by atoms with Crippen LogP contribution in [0, 0.1) is 11.8 Å². The Morgan fingerprint density at radius 2 is 2.10 bits per heavy atom. The van der Waals surface area contributed by atoms with Crippen molar-refractivity contribution < 1.29 is 0 Å². The predicted octanol–water partition coefficient (Wildman–Crippen LogP) is 3.63. The molecule has 1 rings (SSSR count). The molecular weight excluding hydrogens is 120 g/mol. The third kappa shape index (κ3) is 2.55. The van der Waals surface area contributed by atoms with Crippen LogP contribution in [0.25, 0.3) is 0 Å². The van der Waals surface area contributed by atoms with E-state index in [1.165, 1.54) is 19.3 Å². The fourth-order valence-corrected chi connectivity index (χ4v) is 1.39. The molecule has 0 aromatic rings. The van der Waals surface area contributed by atoms with E-state index in [2.05, 4.69) is 26.0 Å². The zero-order chi connectivity index (χ0) is 6.69. The quantitative estimate of drug-likeness (QED) is 0.488. The monoisotopic (exact) mass is 140 g/mol. The highest BCUT2D eigenvalue weighted by molar-refractivity contribution is 4.93. The summed E-state index contributed by atoms with van der Waals surface area (Å²) in [6.45, 7) is 4.61. The molecule has 0 aliphatic heterocycles. The van der Waals surface area contributed by atoms with Crippen LogP contribution in [0.15, 0.2) is 12.2 Å². The second-order valence-electron chi connectivity index (χ2n) is 3.27. The van der Waals surface area contributed by atoms with Gasteiger partial charge in [0.2, 0.25) is 0 Å². The van der Waals surface area contributed by atoms with Crippen LogP contribution in [0.5, 0.6) is 0 Å². The second-order valence-corrected chi connectivity index (χ2v) is 3.27. The van der Waals surface area contributed by atoms with Gasteiger partial charge in [-0.2, -0.15) is 0 Å². The van der Waals surface area contributed by atoms with Gasteiger partial charge in [-0.1, -0.05) is 33.4 Å². The van der Waals surface area contributed by atoms with Crippen molar-refractivity contribution in [2.24, 2.45) is 11.8 Å². The fraction of sp³-hybridized carbons (Fsp3) is 0.800. The van der Waals surface area contributed by atoms with Gasteiger partial charge in [0, 0.05) is 0 Å². The van der Waals surface area contributed by atoms with Gasteiger partial charge in [0.05, 0.1) is 0 Å². The average molecular weight is 140 g/mol. The van der Waals surface area contributed by atoms with Crippen molar-refractivity contribution in [1.82, 2.24) is 0 Å². The lowest BCUT2D eigenvalue weighted by molar-refractivity contribution is 0.412. The molecule has 1 unspecified atom stereocenters. The molecule has 0 spiro atoms. The first-order valence-corrected chi connectivity index (χ1v) is 3.97. The Bertz CT molecular complexity index is 101. The van der Waals surface area contributed by atoms with Crippen LogP contribution in [-0.4, -0.2) is 0 Å². The van der Waals surface area contributed by atoms with Crippen molar-refractivity contribution >= 4 is 0 Å². The van der Waals surface area contributed by atoms with E-state index in [1.54, 1.807) is 0 Å². The summed E-state index contributed by atoms with van der Waals surface area (Å²) in [5, 5.41) is 0. The summed E-state index contributed by atoms with van der Waals surface area (Å²) >= 11 is 0. The Morgan fingerprint density at radius 1 is 1.40 bits per heavy atom. The highest BCUT2D eigenvalue weighted by atomic mass is 14.2. The van der Waals surface area contributed by atoms with E-state index < -0.39 is 0 Å². The molecule has 1 aliphatic carbocycles. The summed E-state index contributed by atoms with van der Waals surface area (Å²) in [4.78, 5) is 0. The Labute approximate surface area is 65.3 Å². The summed E-state index contributed by atoms with van der Waals surface area (Å²) in [6, 6.07) is 0. The molecule has 0 fully saturated rings. The van der Waals surface area contributed by atoms with E-state index >= 15 is 0 Å². The van der Waals surface area contributed by atoms with Gasteiger partial charge >= 0.3 is 0 Å². The molecule has 0 bridgehead atoms. The largest absolute Gasteiger partial charge is 0.0882 e. The third-order valence-electron chi connectivity index (χ3n) is 2.15. The molecular formula is C10H20. The van der Waals surface area contributed by atoms with Crippen molar-refractivity contribution in [3.05, 3.63) is 12.2 Å². The van der Waals surface area contributed by atoms with Crippen molar-refractivity contribution in [2.75, 3.05) is 0 Å². The van der Waals surface area contributed by atoms with Crippen LogP contribution in [0.3, 0.4) is 0 Å². The second kappa shape index (κ2) is 4.54. The summed E-state index contributed by atoms with van der Waals surface area (Å²) in [5.41, 5.74) is 0. The molecule has 0 saturated carbocycles. The number of allylic oxidation sites excluding steroid dienone is 2. The lowest BCUT2D eigenvalue weighted by Crippen LogP contribution is -2.07. The maximum Gasteiger partial charge on any atom is -0.0210 e. The van der Waals surface area contributed by atoms with Gasteiger partial charge in [-0.3, -0.25) is 0 Å². The fourth-order valence-electron chi connectivity index (χ4n) is 1.39. The van der Waals surface area contributed by atoms with Crippen LogP contribution >= 0.6 is 0 Å². The van der Waals surface area contributed by atoms with Crippen LogP contribution in [0.2, 0.25) is 0 Å². The molecule has 0 N–H and O–H groups in total. The minimum atomic E-state index is 0. The summed E-state index contributed by atoms with van der Waals surface area (Å²) in [6.07, 6.45) is 8.83. The van der Waals surface area contributed by atoms with E-state index in [4.69, 9.17) is 0 Å². The maximum atomic E-state index is 2.38. The van der Waals surface area contributed by atoms with E-state index in [-0.39, 0.29) is 7.43 Å². The Kier molecular flexibility index (Phi) is 4.42. The molecule has 0 amide bonds. The SMILES string of the molecule is C.CC(C)C1C=CCCC1. The van der Waals surface area contributed by atoms with Gasteiger partial charge in [-0.25, -0.2) is 0 Å². The van der Waals surface area contributed by atoms with Crippen LogP contribution in [-0.2, 0) is 0 Å². The van der Waals surface area contributed by atoms with E-state index in [0.717, 1.165) is 11.8 Å². The van der Waals surface area contributed by atoms with Gasteiger partial charge < -0.3 is 0 Å². The van der Waals surface area contributed by atoms with E-state index in [0.29, 0.717) is 0 Å². The third-order valence-corrected chi connectivity index (χ3v) is 2.15. The van der Waals surface area contributed by atoms with E-state index in [9.17, 15) is 0 Å². The standard InChI is InChI=1S/C9H16.CH4/c1-8(2)9-6-4-3-5-7-9;/h4,6,8-9H,3,5,7H2,1-2H3;1H4. The zero-order valence-electron chi connectivity index (χ0n) is 6.43. The summed E-state index contributed by atoms with van der Waals surface area (Å²) in [5.74, 6) is 1.72. The van der Waals surface area contributed by atoms with Crippen LogP contribution in [0.4, 0.5) is 0 Å². The molecule has 10 heavy (non-hydrogen) atoms. The van der Waals surface area contributed by atoms with Crippen LogP contribution < -0.4 is 0 Å². The number of hydrogen-bond donors (Lipinski definition) is 0. The van der Waals surface area contributed by atoms with Crippen molar-refractivity contribution in [3.8, 4) is 0 Å². The first kappa shape index (κ1) is 9.74. The maximum absolute atomic E-state index is 2.38. The highest BCUT2D eigenvalue weighted by Crippen LogP contribution is 2.23. The normalized spacial score (nSPS) is 24.5. The first-order chi connectivity index (χ1) is 4.30. The number of rotatable bonds is 1. The predicted molar refractivity (Wildman–Crippen MR) is 48.1 cm³/mol. The summed E-state index contributed by atoms with van der Waals surface area (Å²) in [7, 11) is 0. The topological polar surface area (TPSA) is 0 Å². The molecule has 0 heterocycles. The first-order valence-electron chi connectivity index (χ1n) is 3.97. The van der Waals surface area contributed by atoms with Gasteiger partial charge in [0.1, 0.15) is 0 Å². The molecule has 0 saturated heterocycles. The van der Waals surface area contributed by atoms with Crippen molar-refractivity contribution in [2.45, 2.75) is 40.5 Å². The molecule has 1 aliphatic rings. The van der Waals surface area contributed by atoms with Crippen LogP contribution in [0.1, 0.15) is 40.5 Å². The van der Waals surface area contributed by atoms with Crippen molar-refractivity contribution in [1.29, 1.82) is 0 Å². The Morgan fingerprint density at radius 3 is 2.40 bits per heavy atom. The highest BCUT2D eigenvalue weighted by Gasteiger charge is 2.10. The zero-order valence-corrected chi connectivity index (χ0v) is 6.43. The number of hydrogen-bond acceptors (Lipinski definition) is 0. The molecule has 0 radical (unpaired) electrons. The molecule has 60 valence electrons. The van der Waals surface area contributed by atoms with Gasteiger partial charge in [-0.05, 0) is 31.1 Å². The molecule has 0 aromatic heterocycles. The molecule has 0 aromatic carbocycles. The Balaban J connectivity index is 0.000000810. The summed E-state index contributed by atoms with van der Waals surface area (Å²) < 4.78 is 0. The lowest BCUT2D eigenvalue weighted by Gasteiger charge is -2.19. The van der Waals surface area contributed by atoms with Gasteiger partial charge in [0.15, 0.2) is 0 Å². The molecule has 0 nitrogen and oxygen atoms in total. The Hall–Kier alpha value is -0.260. The molecule has 0 heteroatoms. The smallest absolute Gasteiger partial charge is 0.0210 e. The average Bonchev–Trinajstić information content (AvgIpc) is 1.90. The molecule has 1 atom stereocenters. The lowest BCUT2D eigenvalue weighted by atomic mass is 9.87. The van der Waals surface area contributed by atoms with Gasteiger partial charge in [0.25, 0.3) is 0 Å². The van der Waals surface area contributed by atoms with E-state index in [1.807, 2.05) is 0 Å². The van der Waals surface area contributed by atoms with Gasteiger partial charge in [-0.15, -0.1) is 0 Å².